The maximum absolute atomic E-state index is 11.1. The standard InChI is InChI=1S/C8H22O14P4/c9-7(23(11,12)13,24(14,15)16)5-3-1-2-4-6-8(10,25(17,18)19)26(20,21)22/h9-10H,1-6H2,(H2,11,12,13)(H2,14,15,16)(H2,17,18,19)(H2,20,21,22). The molecule has 0 aliphatic carbocycles. The zero-order chi connectivity index (χ0) is 21.2. The summed E-state index contributed by atoms with van der Waals surface area (Å²) in [6.07, 6.45) is -2.83. The van der Waals surface area contributed by atoms with Crippen molar-refractivity contribution < 1.29 is 67.6 Å². The number of hydrogen-bond acceptors (Lipinski definition) is 6. The predicted molar refractivity (Wildman–Crippen MR) is 85.8 cm³/mol. The summed E-state index contributed by atoms with van der Waals surface area (Å²) >= 11 is 0. The molecule has 0 rings (SSSR count). The predicted octanol–water partition coefficient (Wildman–Crippen LogP) is -0.670. The van der Waals surface area contributed by atoms with Gasteiger partial charge in [-0.1, -0.05) is 12.8 Å². The van der Waals surface area contributed by atoms with Gasteiger partial charge in [0.15, 0.2) is 0 Å². The van der Waals surface area contributed by atoms with Crippen LogP contribution in [0.15, 0.2) is 0 Å². The third-order valence-electron chi connectivity index (χ3n) is 3.64. The zero-order valence-electron chi connectivity index (χ0n) is 13.1. The first-order valence-corrected chi connectivity index (χ1v) is 13.3. The molecule has 0 saturated carbocycles. The highest BCUT2D eigenvalue weighted by molar-refractivity contribution is 7.72. The molecule has 0 aliphatic rings. The normalized spacial score (nSPS) is 15.3. The monoisotopic (exact) mass is 466 g/mol. The summed E-state index contributed by atoms with van der Waals surface area (Å²) in [7, 11) is -22.4. The fourth-order valence-electron chi connectivity index (χ4n) is 2.00. The van der Waals surface area contributed by atoms with Gasteiger partial charge in [-0.05, 0) is 25.7 Å². The van der Waals surface area contributed by atoms with Crippen molar-refractivity contribution in [1.82, 2.24) is 0 Å². The molecule has 0 aromatic rings. The van der Waals surface area contributed by atoms with E-state index in [1.807, 2.05) is 0 Å². The third-order valence-corrected chi connectivity index (χ3v) is 11.4. The molecule has 0 amide bonds. The number of unbranched alkanes of at least 4 members (excludes halogenated alkanes) is 3. The van der Waals surface area contributed by atoms with Crippen LogP contribution in [0.25, 0.3) is 0 Å². The lowest BCUT2D eigenvalue weighted by molar-refractivity contribution is 0.116. The Morgan fingerprint density at radius 1 is 0.462 bits per heavy atom. The molecule has 0 aliphatic heterocycles. The molecule has 0 aromatic carbocycles. The van der Waals surface area contributed by atoms with E-state index in [2.05, 4.69) is 0 Å². The van der Waals surface area contributed by atoms with Gasteiger partial charge in [-0.25, -0.2) is 0 Å². The summed E-state index contributed by atoms with van der Waals surface area (Å²) in [5.74, 6) is 0. The highest BCUT2D eigenvalue weighted by Crippen LogP contribution is 2.70. The fourth-order valence-corrected chi connectivity index (χ4v) is 6.51. The topological polar surface area (TPSA) is 271 Å². The lowest BCUT2D eigenvalue weighted by atomic mass is 10.1. The maximum atomic E-state index is 11.1. The summed E-state index contributed by atoms with van der Waals surface area (Å²) in [5, 5.41) is 12.1. The van der Waals surface area contributed by atoms with Crippen LogP contribution < -0.4 is 0 Å². The minimum absolute atomic E-state index is 0.0826. The van der Waals surface area contributed by atoms with Crippen LogP contribution in [-0.4, -0.2) is 59.5 Å². The Morgan fingerprint density at radius 3 is 0.808 bits per heavy atom. The van der Waals surface area contributed by atoms with Gasteiger partial charge in [-0.3, -0.25) is 18.3 Å². The molecular formula is C8H22O14P4. The van der Waals surface area contributed by atoms with Gasteiger partial charge in [-0.15, -0.1) is 0 Å². The Balaban J connectivity index is 4.79. The summed E-state index contributed by atoms with van der Waals surface area (Å²) in [5.41, 5.74) is 0. The second-order valence-corrected chi connectivity index (χ2v) is 13.7. The summed E-state index contributed by atoms with van der Waals surface area (Å²) in [6.45, 7) is 0. The largest absolute Gasteiger partial charge is 0.369 e. The SMILES string of the molecule is O=P(O)(O)C(O)(CCCCCCC(O)(P(=O)(O)O)P(=O)(O)O)P(=O)(O)O. The minimum atomic E-state index is -5.59. The lowest BCUT2D eigenvalue weighted by Gasteiger charge is -2.29. The van der Waals surface area contributed by atoms with Gasteiger partial charge in [0, 0.05) is 0 Å². The molecule has 26 heavy (non-hydrogen) atoms. The van der Waals surface area contributed by atoms with E-state index in [0.29, 0.717) is 0 Å². The van der Waals surface area contributed by atoms with E-state index in [-0.39, 0.29) is 25.7 Å². The highest BCUT2D eigenvalue weighted by atomic mass is 31.2. The quantitative estimate of drug-likeness (QED) is 0.134. The van der Waals surface area contributed by atoms with Crippen molar-refractivity contribution in [2.45, 2.75) is 48.7 Å². The molecule has 0 aromatic heterocycles. The Morgan fingerprint density at radius 2 is 0.654 bits per heavy atom. The van der Waals surface area contributed by atoms with Crippen LogP contribution in [0.4, 0.5) is 0 Å². The third kappa shape index (κ3) is 6.01. The second-order valence-electron chi connectivity index (χ2n) is 5.64. The van der Waals surface area contributed by atoms with E-state index in [0.717, 1.165) is 0 Å². The number of aliphatic hydroxyl groups is 2. The lowest BCUT2D eigenvalue weighted by Crippen LogP contribution is -2.29. The Bertz CT molecular complexity index is 562. The van der Waals surface area contributed by atoms with Crippen LogP contribution >= 0.6 is 30.4 Å². The molecule has 0 bridgehead atoms. The van der Waals surface area contributed by atoms with Gasteiger partial charge in [-0.2, -0.15) is 0 Å². The Kier molecular flexibility index (Phi) is 8.66. The first-order valence-electron chi connectivity index (χ1n) is 6.88. The van der Waals surface area contributed by atoms with E-state index in [9.17, 15) is 28.5 Å². The van der Waals surface area contributed by atoms with Crippen molar-refractivity contribution in [1.29, 1.82) is 0 Å². The van der Waals surface area contributed by atoms with Crippen LogP contribution in [0.1, 0.15) is 38.5 Å². The van der Waals surface area contributed by atoms with Crippen LogP contribution in [0.3, 0.4) is 0 Å². The zero-order valence-corrected chi connectivity index (χ0v) is 16.7. The molecule has 14 nitrogen and oxygen atoms in total. The van der Waals surface area contributed by atoms with E-state index in [1.54, 1.807) is 0 Å². The van der Waals surface area contributed by atoms with E-state index >= 15 is 0 Å². The van der Waals surface area contributed by atoms with Crippen molar-refractivity contribution in [3.05, 3.63) is 0 Å². The average Bonchev–Trinajstić information content (AvgIpc) is 2.36. The average molecular weight is 466 g/mol. The molecule has 0 radical (unpaired) electrons. The molecule has 0 spiro atoms. The smallest absolute Gasteiger partial charge is 0.368 e. The molecule has 0 saturated heterocycles. The molecule has 10 N–H and O–H groups in total. The van der Waals surface area contributed by atoms with Crippen LogP contribution in [0.5, 0.6) is 0 Å². The molecule has 18 heteroatoms. The molecule has 0 heterocycles. The first-order chi connectivity index (χ1) is 11.2. The van der Waals surface area contributed by atoms with Crippen LogP contribution in [0.2, 0.25) is 0 Å². The number of rotatable bonds is 11. The van der Waals surface area contributed by atoms with Gasteiger partial charge < -0.3 is 49.4 Å². The molecule has 0 fully saturated rings. The molecule has 0 unspecified atom stereocenters. The maximum Gasteiger partial charge on any atom is 0.369 e. The molecule has 158 valence electrons. The summed E-state index contributed by atoms with van der Waals surface area (Å²) in [6, 6.07) is 0. The van der Waals surface area contributed by atoms with Crippen LogP contribution in [-0.2, 0) is 18.3 Å². The van der Waals surface area contributed by atoms with Crippen molar-refractivity contribution in [2.24, 2.45) is 0 Å². The number of hydrogen-bond donors (Lipinski definition) is 10. The van der Waals surface area contributed by atoms with Gasteiger partial charge in [0.05, 0.1) is 0 Å². The van der Waals surface area contributed by atoms with E-state index < -0.39 is 53.4 Å². The van der Waals surface area contributed by atoms with Gasteiger partial charge in [0.1, 0.15) is 0 Å². The highest BCUT2D eigenvalue weighted by Gasteiger charge is 2.59. The Labute approximate surface area is 147 Å². The fraction of sp³-hybridized carbons (Fsp3) is 1.00. The second kappa shape index (κ2) is 8.49. The summed E-state index contributed by atoms with van der Waals surface area (Å²) in [4.78, 5) is 71.4. The van der Waals surface area contributed by atoms with Crippen LogP contribution in [0, 0.1) is 0 Å². The summed E-state index contributed by atoms with van der Waals surface area (Å²) < 4.78 is 44.5. The van der Waals surface area contributed by atoms with Crippen molar-refractivity contribution in [3.63, 3.8) is 0 Å². The molecular weight excluding hydrogens is 444 g/mol. The van der Waals surface area contributed by atoms with Crippen molar-refractivity contribution >= 4 is 30.4 Å². The van der Waals surface area contributed by atoms with E-state index in [1.165, 1.54) is 0 Å². The van der Waals surface area contributed by atoms with Gasteiger partial charge >= 0.3 is 30.4 Å². The first kappa shape index (κ1) is 26.5. The van der Waals surface area contributed by atoms with Gasteiger partial charge in [0.2, 0.25) is 0 Å². The van der Waals surface area contributed by atoms with Crippen molar-refractivity contribution in [3.8, 4) is 0 Å². The van der Waals surface area contributed by atoms with E-state index in [4.69, 9.17) is 39.1 Å². The van der Waals surface area contributed by atoms with Crippen molar-refractivity contribution in [2.75, 3.05) is 0 Å². The molecule has 0 atom stereocenters. The minimum Gasteiger partial charge on any atom is -0.368 e. The van der Waals surface area contributed by atoms with Gasteiger partial charge in [0.25, 0.3) is 10.2 Å². The Hall–Kier alpha value is 0.520.